The van der Waals surface area contributed by atoms with E-state index in [0.717, 1.165) is 12.8 Å². The highest BCUT2D eigenvalue weighted by molar-refractivity contribution is 7.89. The van der Waals surface area contributed by atoms with Crippen molar-refractivity contribution >= 4 is 10.0 Å². The summed E-state index contributed by atoms with van der Waals surface area (Å²) in [5.41, 5.74) is 0. The molecule has 4 heteroatoms. The second kappa shape index (κ2) is 4.33. The van der Waals surface area contributed by atoms with Crippen molar-refractivity contribution in [3.05, 3.63) is 0 Å². The molecule has 80 valence electrons. The average molecular weight is 215 g/mol. The zero-order chi connectivity index (χ0) is 10.8. The van der Waals surface area contributed by atoms with Gasteiger partial charge in [-0.15, -0.1) is 12.3 Å². The molecule has 0 aliphatic carbocycles. The van der Waals surface area contributed by atoms with Crippen molar-refractivity contribution in [2.45, 2.75) is 31.9 Å². The van der Waals surface area contributed by atoms with Crippen LogP contribution in [0.25, 0.3) is 0 Å². The lowest BCUT2D eigenvalue weighted by molar-refractivity contribution is 0.304. The fourth-order valence-electron chi connectivity index (χ4n) is 1.61. The Kier molecular flexibility index (Phi) is 3.57. The van der Waals surface area contributed by atoms with Gasteiger partial charge in [0.25, 0.3) is 0 Å². The highest BCUT2D eigenvalue weighted by Gasteiger charge is 2.30. The maximum atomic E-state index is 11.8. The minimum absolute atomic E-state index is 0.0947. The molecule has 0 unspecified atom stereocenters. The lowest BCUT2D eigenvalue weighted by Gasteiger charge is -2.30. The van der Waals surface area contributed by atoms with E-state index in [1.165, 1.54) is 4.31 Å². The molecule has 0 spiro atoms. The Balaban J connectivity index is 2.75. The molecule has 0 aromatic carbocycles. The molecule has 1 saturated heterocycles. The topological polar surface area (TPSA) is 37.4 Å². The van der Waals surface area contributed by atoms with Gasteiger partial charge in [0, 0.05) is 19.0 Å². The van der Waals surface area contributed by atoms with Gasteiger partial charge in [0.2, 0.25) is 10.0 Å². The Morgan fingerprint density at radius 1 is 1.50 bits per heavy atom. The van der Waals surface area contributed by atoms with Gasteiger partial charge in [0.15, 0.2) is 0 Å². The van der Waals surface area contributed by atoms with Gasteiger partial charge >= 0.3 is 0 Å². The molecular weight excluding hydrogens is 198 g/mol. The third-order valence-corrected chi connectivity index (χ3v) is 4.82. The molecule has 1 aliphatic rings. The molecule has 0 amide bonds. The highest BCUT2D eigenvalue weighted by atomic mass is 32.2. The van der Waals surface area contributed by atoms with E-state index < -0.39 is 10.0 Å². The second-order valence-corrected chi connectivity index (χ2v) is 6.45. The van der Waals surface area contributed by atoms with Crippen LogP contribution in [-0.2, 0) is 10.0 Å². The first kappa shape index (κ1) is 11.5. The van der Waals surface area contributed by atoms with Crippen molar-refractivity contribution in [2.24, 2.45) is 5.92 Å². The predicted molar refractivity (Wildman–Crippen MR) is 57.2 cm³/mol. The Hall–Kier alpha value is -0.530. The summed E-state index contributed by atoms with van der Waals surface area (Å²) in [4.78, 5) is 0. The van der Waals surface area contributed by atoms with Crippen LogP contribution in [0.15, 0.2) is 0 Å². The summed E-state index contributed by atoms with van der Waals surface area (Å²) in [6, 6.07) is 0. The summed E-state index contributed by atoms with van der Waals surface area (Å²) in [6.07, 6.45) is 7.13. The Morgan fingerprint density at radius 2 is 2.14 bits per heavy atom. The normalized spacial score (nSPS) is 24.9. The van der Waals surface area contributed by atoms with Crippen molar-refractivity contribution in [3.63, 3.8) is 0 Å². The first-order valence-corrected chi connectivity index (χ1v) is 6.44. The van der Waals surface area contributed by atoms with Gasteiger partial charge in [-0.2, -0.15) is 0 Å². The zero-order valence-electron chi connectivity index (χ0n) is 8.73. The quantitative estimate of drug-likeness (QED) is 0.646. The van der Waals surface area contributed by atoms with Gasteiger partial charge in [0.05, 0.1) is 5.25 Å². The number of hydrogen-bond acceptors (Lipinski definition) is 2. The van der Waals surface area contributed by atoms with Crippen LogP contribution in [0.3, 0.4) is 0 Å². The maximum Gasteiger partial charge on any atom is 0.216 e. The minimum Gasteiger partial charge on any atom is -0.212 e. The van der Waals surface area contributed by atoms with Gasteiger partial charge in [-0.05, 0) is 26.7 Å². The summed E-state index contributed by atoms with van der Waals surface area (Å²) in [6.45, 7) is 4.53. The van der Waals surface area contributed by atoms with Crippen LogP contribution in [0.4, 0.5) is 0 Å². The third kappa shape index (κ3) is 2.28. The molecule has 3 nitrogen and oxygen atoms in total. The summed E-state index contributed by atoms with van der Waals surface area (Å²) in [5.74, 6) is 2.73. The summed E-state index contributed by atoms with van der Waals surface area (Å²) >= 11 is 0. The number of piperidine rings is 1. The molecule has 1 atom stereocenters. The van der Waals surface area contributed by atoms with E-state index in [2.05, 4.69) is 5.92 Å². The molecule has 1 rings (SSSR count). The molecule has 1 aliphatic heterocycles. The molecule has 0 aromatic rings. The van der Waals surface area contributed by atoms with E-state index in [-0.39, 0.29) is 11.2 Å². The van der Waals surface area contributed by atoms with Gasteiger partial charge in [-0.1, -0.05) is 0 Å². The fourth-order valence-corrected chi connectivity index (χ4v) is 2.98. The van der Waals surface area contributed by atoms with Crippen LogP contribution in [0, 0.1) is 18.3 Å². The molecule has 0 radical (unpaired) electrons. The summed E-state index contributed by atoms with van der Waals surface area (Å²) < 4.78 is 25.1. The van der Waals surface area contributed by atoms with Crippen LogP contribution in [0.2, 0.25) is 0 Å². The number of rotatable bonds is 2. The van der Waals surface area contributed by atoms with Crippen LogP contribution in [0.5, 0.6) is 0 Å². The van der Waals surface area contributed by atoms with E-state index in [0.29, 0.717) is 13.1 Å². The Bertz CT molecular complexity index is 327. The predicted octanol–water partition coefficient (Wildman–Crippen LogP) is 1.07. The van der Waals surface area contributed by atoms with Gasteiger partial charge in [-0.25, -0.2) is 12.7 Å². The number of sulfonamides is 1. The fraction of sp³-hybridized carbons (Fsp3) is 0.800. The Labute approximate surface area is 86.5 Å². The Morgan fingerprint density at radius 3 is 2.64 bits per heavy atom. The maximum absolute atomic E-state index is 11.8. The van der Waals surface area contributed by atoms with E-state index in [9.17, 15) is 8.42 Å². The first-order valence-electron chi connectivity index (χ1n) is 4.93. The third-order valence-electron chi connectivity index (χ3n) is 2.58. The zero-order valence-corrected chi connectivity index (χ0v) is 9.55. The van der Waals surface area contributed by atoms with E-state index in [1.807, 2.05) is 0 Å². The van der Waals surface area contributed by atoms with Crippen molar-refractivity contribution in [1.29, 1.82) is 0 Å². The van der Waals surface area contributed by atoms with Crippen molar-refractivity contribution in [2.75, 3.05) is 13.1 Å². The number of hydrogen-bond donors (Lipinski definition) is 0. The van der Waals surface area contributed by atoms with E-state index in [4.69, 9.17) is 6.42 Å². The SMILES string of the molecule is C#C[C@@H]1CCCN(S(=O)(=O)C(C)C)C1. The standard InChI is InChI=1S/C10H17NO2S/c1-4-10-6-5-7-11(8-10)14(12,13)9(2)3/h1,9-10H,5-8H2,2-3H3/t10-/m1/s1. The number of terminal acetylenes is 1. The number of nitrogens with zero attached hydrogens (tertiary/aromatic N) is 1. The van der Waals surface area contributed by atoms with Gasteiger partial charge < -0.3 is 0 Å². The van der Waals surface area contributed by atoms with Crippen LogP contribution in [-0.4, -0.2) is 31.1 Å². The van der Waals surface area contributed by atoms with Gasteiger partial charge in [0.1, 0.15) is 0 Å². The van der Waals surface area contributed by atoms with E-state index >= 15 is 0 Å². The van der Waals surface area contributed by atoms with E-state index in [1.54, 1.807) is 13.8 Å². The van der Waals surface area contributed by atoms with Crippen molar-refractivity contribution < 1.29 is 8.42 Å². The second-order valence-electron chi connectivity index (χ2n) is 3.96. The molecule has 1 heterocycles. The van der Waals surface area contributed by atoms with Crippen molar-refractivity contribution in [1.82, 2.24) is 4.31 Å². The summed E-state index contributed by atoms with van der Waals surface area (Å²) in [5, 5.41) is -0.348. The van der Waals surface area contributed by atoms with Crippen LogP contribution in [0.1, 0.15) is 26.7 Å². The molecular formula is C10H17NO2S. The van der Waals surface area contributed by atoms with Crippen LogP contribution >= 0.6 is 0 Å². The molecule has 0 saturated carbocycles. The lowest BCUT2D eigenvalue weighted by Crippen LogP contribution is -2.42. The minimum atomic E-state index is -3.11. The summed E-state index contributed by atoms with van der Waals surface area (Å²) in [7, 11) is -3.11. The van der Waals surface area contributed by atoms with Crippen molar-refractivity contribution in [3.8, 4) is 12.3 Å². The monoisotopic (exact) mass is 215 g/mol. The molecule has 0 aromatic heterocycles. The first-order chi connectivity index (χ1) is 6.48. The van der Waals surface area contributed by atoms with Crippen LogP contribution < -0.4 is 0 Å². The van der Waals surface area contributed by atoms with Gasteiger partial charge in [-0.3, -0.25) is 0 Å². The molecule has 0 bridgehead atoms. The molecule has 1 fully saturated rings. The largest absolute Gasteiger partial charge is 0.216 e. The molecule has 14 heavy (non-hydrogen) atoms. The molecule has 0 N–H and O–H groups in total. The lowest BCUT2D eigenvalue weighted by atomic mass is 10.0. The highest BCUT2D eigenvalue weighted by Crippen LogP contribution is 2.20. The average Bonchev–Trinajstić information content (AvgIpc) is 2.17. The smallest absolute Gasteiger partial charge is 0.212 e.